The van der Waals surface area contributed by atoms with E-state index < -0.39 is 0 Å². The van der Waals surface area contributed by atoms with E-state index in [1.807, 2.05) is 19.2 Å². The first kappa shape index (κ1) is 26.1. The molecule has 1 aliphatic heterocycles. The maximum atomic E-state index is 13.0. The van der Waals surface area contributed by atoms with E-state index in [1.54, 1.807) is 6.92 Å². The number of hydrogen-bond acceptors (Lipinski definition) is 3. The van der Waals surface area contributed by atoms with Gasteiger partial charge in [0, 0.05) is 73.4 Å². The van der Waals surface area contributed by atoms with E-state index >= 15 is 0 Å². The van der Waals surface area contributed by atoms with Crippen molar-refractivity contribution in [3.8, 4) is 11.1 Å². The molecular formula is C33H36ClN3O. The number of benzene rings is 2. The van der Waals surface area contributed by atoms with Crippen LogP contribution in [0, 0.1) is 6.92 Å². The molecule has 38 heavy (non-hydrogen) atoms. The van der Waals surface area contributed by atoms with Gasteiger partial charge in [-0.1, -0.05) is 60.5 Å². The number of hydrogen-bond donors (Lipinski definition) is 0. The van der Waals surface area contributed by atoms with Crippen molar-refractivity contribution >= 4 is 34.3 Å². The zero-order valence-corrected chi connectivity index (χ0v) is 23.6. The van der Waals surface area contributed by atoms with Crippen molar-refractivity contribution < 1.29 is 4.79 Å². The second kappa shape index (κ2) is 11.1. The Morgan fingerprint density at radius 2 is 1.61 bits per heavy atom. The summed E-state index contributed by atoms with van der Waals surface area (Å²) >= 11 is 6.32. The minimum absolute atomic E-state index is 0.0823. The van der Waals surface area contributed by atoms with Crippen molar-refractivity contribution in [2.45, 2.75) is 33.6 Å². The Morgan fingerprint density at radius 1 is 0.921 bits per heavy atom. The van der Waals surface area contributed by atoms with Crippen LogP contribution in [0.15, 0.2) is 77.9 Å². The summed E-state index contributed by atoms with van der Waals surface area (Å²) in [5, 5.41) is 0.717. The average molecular weight is 526 g/mol. The van der Waals surface area contributed by atoms with E-state index in [9.17, 15) is 4.79 Å². The summed E-state index contributed by atoms with van der Waals surface area (Å²) in [6, 6.07) is 17.5. The number of carbonyl (C=O) groups is 1. The Balaban J connectivity index is 1.51. The van der Waals surface area contributed by atoms with Crippen molar-refractivity contribution in [3.05, 3.63) is 100 Å². The largest absolute Gasteiger partial charge is 0.368 e. The van der Waals surface area contributed by atoms with Crippen LogP contribution in [0.4, 0.5) is 11.4 Å². The molecule has 0 N–H and O–H groups in total. The van der Waals surface area contributed by atoms with Crippen molar-refractivity contribution in [1.82, 2.24) is 4.57 Å². The number of anilines is 2. The molecule has 3 aromatic rings. The lowest BCUT2D eigenvalue weighted by molar-refractivity contribution is 0.101. The van der Waals surface area contributed by atoms with Crippen LogP contribution in [-0.4, -0.2) is 36.5 Å². The third-order valence-electron chi connectivity index (χ3n) is 7.74. The summed E-state index contributed by atoms with van der Waals surface area (Å²) < 4.78 is 2.10. The average Bonchev–Trinajstić information content (AvgIpc) is 3.06. The lowest BCUT2D eigenvalue weighted by Crippen LogP contribution is -2.46. The second-order valence-corrected chi connectivity index (χ2v) is 10.7. The summed E-state index contributed by atoms with van der Waals surface area (Å²) in [5.74, 6) is 0.0823. The number of aryl methyl sites for hydroxylation is 1. The SMILES string of the molecule is CCc1c(C2=CC=C(Cl)C=CC2)c(-c2cccc(N3CCN(c4ccc(C)cc4)CC3)c2)c(C(C)=O)n1C. The Bertz CT molecular complexity index is 1430. The first-order valence-electron chi connectivity index (χ1n) is 13.5. The van der Waals surface area contributed by atoms with Gasteiger partial charge in [-0.15, -0.1) is 0 Å². The smallest absolute Gasteiger partial charge is 0.176 e. The molecule has 0 spiro atoms. The summed E-state index contributed by atoms with van der Waals surface area (Å²) in [5.41, 5.74) is 10.2. The standard InChI is InChI=1S/C33H36ClN3O/c1-5-30-31(25-8-6-10-27(34)15-14-25)32(33(24(3)38)35(30)4)26-9-7-11-29(22-26)37-20-18-36(19-21-37)28-16-12-23(2)13-17-28/h6-7,9-17,22H,5,8,18-21H2,1-4H3. The summed E-state index contributed by atoms with van der Waals surface area (Å²) in [6.07, 6.45) is 9.72. The molecule has 2 aromatic carbocycles. The molecule has 0 radical (unpaired) electrons. The first-order chi connectivity index (χ1) is 18.4. The molecule has 1 fully saturated rings. The molecule has 5 rings (SSSR count). The van der Waals surface area contributed by atoms with Crippen LogP contribution in [0.3, 0.4) is 0 Å². The van der Waals surface area contributed by atoms with Crippen molar-refractivity contribution in [3.63, 3.8) is 0 Å². The number of aromatic nitrogens is 1. The fraction of sp³-hybridized carbons (Fsp3) is 0.303. The molecule has 5 heteroatoms. The molecule has 2 aliphatic rings. The molecule has 0 amide bonds. The number of ketones is 1. The molecule has 0 atom stereocenters. The zero-order chi connectivity index (χ0) is 26.8. The molecule has 0 saturated carbocycles. The van der Waals surface area contributed by atoms with Gasteiger partial charge in [0.1, 0.15) is 0 Å². The van der Waals surface area contributed by atoms with Gasteiger partial charge >= 0.3 is 0 Å². The van der Waals surface area contributed by atoms with Crippen LogP contribution >= 0.6 is 11.6 Å². The molecule has 1 aliphatic carbocycles. The van der Waals surface area contributed by atoms with Crippen LogP contribution in [-0.2, 0) is 13.5 Å². The molecule has 0 bridgehead atoms. The first-order valence-corrected chi connectivity index (χ1v) is 13.9. The van der Waals surface area contributed by atoms with Crippen LogP contribution < -0.4 is 9.80 Å². The summed E-state index contributed by atoms with van der Waals surface area (Å²) in [6.45, 7) is 9.84. The lowest BCUT2D eigenvalue weighted by Gasteiger charge is -2.37. The van der Waals surface area contributed by atoms with Crippen LogP contribution in [0.25, 0.3) is 16.7 Å². The molecule has 0 unspecified atom stereocenters. The minimum atomic E-state index is 0.0823. The van der Waals surface area contributed by atoms with Crippen LogP contribution in [0.5, 0.6) is 0 Å². The predicted molar refractivity (Wildman–Crippen MR) is 162 cm³/mol. The van der Waals surface area contributed by atoms with E-state index in [2.05, 4.69) is 88.9 Å². The highest BCUT2D eigenvalue weighted by Gasteiger charge is 2.26. The number of carbonyl (C=O) groups excluding carboxylic acids is 1. The van der Waals surface area contributed by atoms with Crippen LogP contribution in [0.1, 0.15) is 47.6 Å². The third-order valence-corrected chi connectivity index (χ3v) is 7.99. The highest BCUT2D eigenvalue weighted by molar-refractivity contribution is 6.31. The Morgan fingerprint density at radius 3 is 2.26 bits per heavy atom. The van der Waals surface area contributed by atoms with E-state index in [-0.39, 0.29) is 5.78 Å². The quantitative estimate of drug-likeness (QED) is 0.311. The third kappa shape index (κ3) is 5.10. The summed E-state index contributed by atoms with van der Waals surface area (Å²) in [7, 11) is 2.02. The van der Waals surface area contributed by atoms with Gasteiger partial charge in [0.2, 0.25) is 0 Å². The number of allylic oxidation sites excluding steroid dienone is 6. The monoisotopic (exact) mass is 525 g/mol. The fourth-order valence-corrected chi connectivity index (χ4v) is 5.96. The maximum Gasteiger partial charge on any atom is 0.176 e. The fourth-order valence-electron chi connectivity index (χ4n) is 5.81. The number of halogens is 1. The number of nitrogens with zero attached hydrogens (tertiary/aromatic N) is 3. The number of Topliss-reactive ketones (excluding diaryl/α,β-unsaturated/α-hetero) is 1. The van der Waals surface area contributed by atoms with Crippen LogP contribution in [0.2, 0.25) is 0 Å². The Kier molecular flexibility index (Phi) is 7.62. The molecule has 2 heterocycles. The molecule has 1 saturated heterocycles. The lowest BCUT2D eigenvalue weighted by atomic mass is 9.91. The molecular weight excluding hydrogens is 490 g/mol. The summed E-state index contributed by atoms with van der Waals surface area (Å²) in [4.78, 5) is 17.9. The van der Waals surface area contributed by atoms with E-state index in [1.165, 1.54) is 28.2 Å². The maximum absolute atomic E-state index is 13.0. The van der Waals surface area contributed by atoms with Gasteiger partial charge < -0.3 is 14.4 Å². The normalized spacial score (nSPS) is 15.8. The van der Waals surface area contributed by atoms with E-state index in [0.717, 1.165) is 61.4 Å². The van der Waals surface area contributed by atoms with Gasteiger partial charge in [-0.3, -0.25) is 4.79 Å². The van der Waals surface area contributed by atoms with E-state index in [0.29, 0.717) is 5.03 Å². The zero-order valence-electron chi connectivity index (χ0n) is 22.8. The van der Waals surface area contributed by atoms with Gasteiger partial charge in [0.05, 0.1) is 5.69 Å². The molecule has 196 valence electrons. The predicted octanol–water partition coefficient (Wildman–Crippen LogP) is 7.56. The van der Waals surface area contributed by atoms with E-state index in [4.69, 9.17) is 11.6 Å². The van der Waals surface area contributed by atoms with Gasteiger partial charge in [0.15, 0.2) is 5.78 Å². The van der Waals surface area contributed by atoms with Crippen molar-refractivity contribution in [2.75, 3.05) is 36.0 Å². The molecule has 4 nitrogen and oxygen atoms in total. The molecule has 1 aromatic heterocycles. The van der Waals surface area contributed by atoms with Gasteiger partial charge in [-0.05, 0) is 67.3 Å². The van der Waals surface area contributed by atoms with Gasteiger partial charge in [0.25, 0.3) is 0 Å². The Hall–Kier alpha value is -3.50. The number of piperazine rings is 1. The van der Waals surface area contributed by atoms with Gasteiger partial charge in [-0.2, -0.15) is 0 Å². The highest BCUT2D eigenvalue weighted by Crippen LogP contribution is 2.41. The van der Waals surface area contributed by atoms with Crippen molar-refractivity contribution in [2.24, 2.45) is 7.05 Å². The van der Waals surface area contributed by atoms with Gasteiger partial charge in [-0.25, -0.2) is 0 Å². The highest BCUT2D eigenvalue weighted by atomic mass is 35.5. The number of rotatable bonds is 6. The second-order valence-electron chi connectivity index (χ2n) is 10.2. The Labute approximate surface area is 231 Å². The van der Waals surface area contributed by atoms with Crippen molar-refractivity contribution in [1.29, 1.82) is 0 Å². The minimum Gasteiger partial charge on any atom is -0.368 e. The topological polar surface area (TPSA) is 28.5 Å².